The number of ether oxygens (including phenoxy) is 1. The summed E-state index contributed by atoms with van der Waals surface area (Å²) < 4.78 is 58.9. The van der Waals surface area contributed by atoms with Crippen LogP contribution in [0.25, 0.3) is 5.69 Å². The quantitative estimate of drug-likeness (QED) is 0.653. The summed E-state index contributed by atoms with van der Waals surface area (Å²) in [5.41, 5.74) is 1.81. The minimum absolute atomic E-state index is 0.00778. The topological polar surface area (TPSA) is 73.2 Å². The van der Waals surface area contributed by atoms with Crippen molar-refractivity contribution in [3.05, 3.63) is 42.2 Å². The maximum atomic E-state index is 13.9. The Morgan fingerprint density at radius 3 is 2.64 bits per heavy atom. The van der Waals surface area contributed by atoms with Crippen molar-refractivity contribution < 1.29 is 21.9 Å². The molecule has 0 radical (unpaired) electrons. The van der Waals surface area contributed by atoms with Crippen LogP contribution >= 0.6 is 0 Å². The third-order valence-electron chi connectivity index (χ3n) is 5.15. The molecule has 0 spiro atoms. The summed E-state index contributed by atoms with van der Waals surface area (Å²) in [4.78, 5) is 0. The monoisotopic (exact) mass is 413 g/mol. The van der Waals surface area contributed by atoms with E-state index in [0.29, 0.717) is 18.6 Å². The zero-order valence-corrected chi connectivity index (χ0v) is 16.6. The van der Waals surface area contributed by atoms with Crippen LogP contribution in [0.15, 0.2) is 36.5 Å². The number of alkyl halides is 2. The molecule has 1 saturated carbocycles. The minimum Gasteiger partial charge on any atom is -0.493 e. The Balaban J connectivity index is 1.59. The Hall–Kier alpha value is -2.00. The predicted octanol–water partition coefficient (Wildman–Crippen LogP) is 3.12. The number of hydrogen-bond donors (Lipinski definition) is 2. The second-order valence-corrected chi connectivity index (χ2v) is 8.11. The van der Waals surface area contributed by atoms with Gasteiger partial charge in [0, 0.05) is 31.5 Å². The maximum Gasteiger partial charge on any atom is 0.248 e. The first-order valence-corrected chi connectivity index (χ1v) is 10.5. The van der Waals surface area contributed by atoms with Gasteiger partial charge in [0.25, 0.3) is 0 Å². The van der Waals surface area contributed by atoms with E-state index < -0.39 is 16.8 Å². The van der Waals surface area contributed by atoms with Crippen LogP contribution in [0.5, 0.6) is 5.75 Å². The standard InChI is InChI=1S/C19H25F2N3O3S/c1-14-8-11-24(23-14)17-2-4-18(5-3-17)27-13-16-12-19(20,21)9-6-15(16)7-10-22-28(25)26/h2-5,8,11,15-16,28H,6-7,9-10,12-13H2,1H3,(H,22,25,26). The van der Waals surface area contributed by atoms with E-state index in [0.717, 1.165) is 11.4 Å². The molecule has 6 nitrogen and oxygen atoms in total. The van der Waals surface area contributed by atoms with Crippen molar-refractivity contribution in [2.75, 3.05) is 13.2 Å². The average Bonchev–Trinajstić information content (AvgIpc) is 3.08. The smallest absolute Gasteiger partial charge is 0.248 e. The Morgan fingerprint density at radius 1 is 1.25 bits per heavy atom. The number of hydrogen-bond acceptors (Lipinski definition) is 4. The van der Waals surface area contributed by atoms with Gasteiger partial charge in [-0.15, -0.1) is 0 Å². The van der Waals surface area contributed by atoms with Crippen LogP contribution in [0, 0.1) is 18.8 Å². The molecule has 0 bridgehead atoms. The predicted molar refractivity (Wildman–Crippen MR) is 103 cm³/mol. The number of benzene rings is 1. The van der Waals surface area contributed by atoms with Crippen LogP contribution < -0.4 is 9.46 Å². The average molecular weight is 413 g/mol. The van der Waals surface area contributed by atoms with E-state index in [9.17, 15) is 17.2 Å². The van der Waals surface area contributed by atoms with Crippen LogP contribution in [0.4, 0.5) is 8.78 Å². The van der Waals surface area contributed by atoms with Crippen molar-refractivity contribution in [2.24, 2.45) is 11.8 Å². The molecule has 1 aliphatic carbocycles. The first kappa shape index (κ1) is 20.7. The molecule has 3 rings (SSSR count). The Morgan fingerprint density at radius 2 is 2.00 bits per heavy atom. The highest BCUT2D eigenvalue weighted by Gasteiger charge is 2.41. The zero-order valence-electron chi connectivity index (χ0n) is 15.7. The van der Waals surface area contributed by atoms with Gasteiger partial charge >= 0.3 is 0 Å². The fraction of sp³-hybridized carbons (Fsp3) is 0.526. The van der Waals surface area contributed by atoms with Crippen molar-refractivity contribution in [3.63, 3.8) is 0 Å². The second-order valence-electron chi connectivity index (χ2n) is 7.28. The first-order chi connectivity index (χ1) is 13.3. The summed E-state index contributed by atoms with van der Waals surface area (Å²) in [6, 6.07) is 9.23. The summed E-state index contributed by atoms with van der Waals surface area (Å²) in [6.07, 6.45) is 2.38. The van der Waals surface area contributed by atoms with Crippen molar-refractivity contribution in [3.8, 4) is 11.4 Å². The van der Waals surface area contributed by atoms with Gasteiger partial charge < -0.3 is 4.74 Å². The molecule has 1 fully saturated rings. The molecule has 1 N–H and O–H groups in total. The molecule has 1 heterocycles. The Bertz CT molecular complexity index is 844. The SMILES string of the molecule is Cc1ccn(-c2ccc(OCC3CC(F)(F)CCC3CCN[SH](=O)=O)cc2)n1. The lowest BCUT2D eigenvalue weighted by Crippen LogP contribution is -2.36. The van der Waals surface area contributed by atoms with E-state index >= 15 is 0 Å². The Kier molecular flexibility index (Phi) is 6.66. The number of halogens is 2. The molecule has 0 saturated heterocycles. The lowest BCUT2D eigenvalue weighted by molar-refractivity contribution is -0.0776. The van der Waals surface area contributed by atoms with E-state index in [1.54, 1.807) is 16.8 Å². The summed E-state index contributed by atoms with van der Waals surface area (Å²) in [7, 11) is -2.66. The van der Waals surface area contributed by atoms with Crippen molar-refractivity contribution in [1.29, 1.82) is 0 Å². The van der Waals surface area contributed by atoms with Gasteiger partial charge in [-0.1, -0.05) is 0 Å². The zero-order chi connectivity index (χ0) is 20.1. The van der Waals surface area contributed by atoms with E-state index in [4.69, 9.17) is 4.74 Å². The highest BCUT2D eigenvalue weighted by atomic mass is 32.2. The number of nitrogens with one attached hydrogen (secondary N) is 1. The summed E-state index contributed by atoms with van der Waals surface area (Å²) >= 11 is 0. The van der Waals surface area contributed by atoms with Crippen LogP contribution in [0.2, 0.25) is 0 Å². The molecule has 1 aliphatic rings. The highest BCUT2D eigenvalue weighted by Crippen LogP contribution is 2.41. The van der Waals surface area contributed by atoms with Gasteiger partial charge in [0.05, 0.1) is 18.0 Å². The molecule has 2 aromatic rings. The van der Waals surface area contributed by atoms with Crippen molar-refractivity contribution >= 4 is 10.9 Å². The third kappa shape index (κ3) is 5.75. The molecule has 1 aromatic heterocycles. The van der Waals surface area contributed by atoms with Gasteiger partial charge in [-0.2, -0.15) is 5.10 Å². The molecule has 9 heteroatoms. The van der Waals surface area contributed by atoms with Gasteiger partial charge in [0.15, 0.2) is 0 Å². The largest absolute Gasteiger partial charge is 0.493 e. The second kappa shape index (κ2) is 9.00. The van der Waals surface area contributed by atoms with Crippen molar-refractivity contribution in [1.82, 2.24) is 14.5 Å². The molecule has 2 atom stereocenters. The highest BCUT2D eigenvalue weighted by molar-refractivity contribution is 7.70. The number of aryl methyl sites for hydroxylation is 1. The van der Waals surface area contributed by atoms with Gasteiger partial charge in [-0.05, 0) is 56.0 Å². The van der Waals surface area contributed by atoms with E-state index in [1.165, 1.54) is 0 Å². The summed E-state index contributed by atoms with van der Waals surface area (Å²) in [6.45, 7) is 2.36. The molecular weight excluding hydrogens is 388 g/mol. The number of thiol groups is 1. The molecular formula is C19H25F2N3O3S. The summed E-state index contributed by atoms with van der Waals surface area (Å²) in [5, 5.41) is 4.34. The van der Waals surface area contributed by atoms with Crippen LogP contribution in [0.3, 0.4) is 0 Å². The van der Waals surface area contributed by atoms with Crippen LogP contribution in [0.1, 0.15) is 31.4 Å². The van der Waals surface area contributed by atoms with Crippen LogP contribution in [-0.4, -0.2) is 37.3 Å². The number of nitrogens with zero attached hydrogens (tertiary/aromatic N) is 2. The van der Waals surface area contributed by atoms with E-state index in [-0.39, 0.29) is 37.8 Å². The maximum absolute atomic E-state index is 13.9. The summed E-state index contributed by atoms with van der Waals surface area (Å²) in [5.74, 6) is -2.39. The normalized spacial score (nSPS) is 21.7. The first-order valence-electron chi connectivity index (χ1n) is 9.34. The molecule has 154 valence electrons. The molecule has 1 aromatic carbocycles. The van der Waals surface area contributed by atoms with Gasteiger partial charge in [-0.25, -0.2) is 26.6 Å². The molecule has 0 amide bonds. The number of aromatic nitrogens is 2. The third-order valence-corrected chi connectivity index (χ3v) is 5.63. The van der Waals surface area contributed by atoms with E-state index in [1.807, 2.05) is 31.3 Å². The van der Waals surface area contributed by atoms with E-state index in [2.05, 4.69) is 9.82 Å². The lowest BCUT2D eigenvalue weighted by atomic mass is 9.76. The Labute approximate surface area is 165 Å². The molecule has 28 heavy (non-hydrogen) atoms. The lowest BCUT2D eigenvalue weighted by Gasteiger charge is -2.36. The van der Waals surface area contributed by atoms with Gasteiger partial charge in [-0.3, -0.25) is 0 Å². The fourth-order valence-electron chi connectivity index (χ4n) is 3.66. The van der Waals surface area contributed by atoms with Crippen LogP contribution in [-0.2, 0) is 10.9 Å². The number of rotatable bonds is 8. The molecule has 2 unspecified atom stereocenters. The van der Waals surface area contributed by atoms with Gasteiger partial charge in [0.1, 0.15) is 5.75 Å². The van der Waals surface area contributed by atoms with Gasteiger partial charge in [0.2, 0.25) is 16.8 Å². The fourth-order valence-corrected chi connectivity index (χ4v) is 3.97. The minimum atomic E-state index is -2.69. The molecule has 0 aliphatic heterocycles. The van der Waals surface area contributed by atoms with Crippen molar-refractivity contribution in [2.45, 2.75) is 38.5 Å².